The second-order valence-corrected chi connectivity index (χ2v) is 15.0. The molecule has 0 aliphatic heterocycles. The van der Waals surface area contributed by atoms with E-state index in [0.29, 0.717) is 61.1 Å². The summed E-state index contributed by atoms with van der Waals surface area (Å²) in [6.45, 7) is 0. The molecule has 266 valence electrons. The summed E-state index contributed by atoms with van der Waals surface area (Å²) in [7, 11) is 0. The van der Waals surface area contributed by atoms with Gasteiger partial charge in [0.25, 0.3) is 0 Å². The normalized spacial score (nSPS) is 13.3. The average Bonchev–Trinajstić information content (AvgIpc) is 3.97. The van der Waals surface area contributed by atoms with Gasteiger partial charge in [0, 0.05) is 64.1 Å². The van der Waals surface area contributed by atoms with E-state index in [0.717, 1.165) is 48.2 Å². The number of fused-ring (bicyclic) bond motifs is 10. The first kappa shape index (κ1) is 26.4. The fourth-order valence-corrected chi connectivity index (χ4v) is 9.47. The molecule has 0 aliphatic rings. The molecule has 0 amide bonds. The second-order valence-electron chi connectivity index (χ2n) is 13.9. The SMILES string of the molecule is [2H]c1cc([2H])c2c(c1)c1c([2H])c([2H])c3c4cc([2H])cc([2H])c4n(-c4cccc5sc6c(-c7nc(-c8ccccc8)nc(-c8ccccc8)n7)cccc6c45)c3c1n2-c1ccccc1. The maximum Gasteiger partial charge on any atom is 0.165 e. The van der Waals surface area contributed by atoms with Crippen LogP contribution in [0.2, 0.25) is 0 Å². The molecule has 4 aromatic heterocycles. The van der Waals surface area contributed by atoms with Crippen LogP contribution in [0.25, 0.3) is 109 Å². The quantitative estimate of drug-likeness (QED) is 0.176. The lowest BCUT2D eigenvalue weighted by atomic mass is 10.1. The minimum absolute atomic E-state index is 0.0472. The van der Waals surface area contributed by atoms with E-state index in [1.807, 2.05) is 124 Å². The van der Waals surface area contributed by atoms with Crippen LogP contribution in [0.5, 0.6) is 0 Å². The van der Waals surface area contributed by atoms with Crippen molar-refractivity contribution in [3.8, 4) is 45.5 Å². The summed E-state index contributed by atoms with van der Waals surface area (Å²) in [6.07, 6.45) is 0. The van der Waals surface area contributed by atoms with Crippen LogP contribution in [0.4, 0.5) is 0 Å². The van der Waals surface area contributed by atoms with Gasteiger partial charge in [0.1, 0.15) is 0 Å². The van der Waals surface area contributed by atoms with Gasteiger partial charge in [-0.25, -0.2) is 15.0 Å². The highest BCUT2D eigenvalue weighted by Crippen LogP contribution is 2.46. The molecule has 0 bridgehead atoms. The van der Waals surface area contributed by atoms with Gasteiger partial charge >= 0.3 is 0 Å². The Hall–Kier alpha value is -7.41. The highest BCUT2D eigenvalue weighted by Gasteiger charge is 2.24. The Labute approximate surface area is 339 Å². The fraction of sp³-hybridized carbons (Fsp3) is 0. The maximum absolute atomic E-state index is 9.67. The van der Waals surface area contributed by atoms with E-state index < -0.39 is 0 Å². The van der Waals surface area contributed by atoms with Gasteiger partial charge in [-0.1, -0.05) is 145 Å². The summed E-state index contributed by atoms with van der Waals surface area (Å²) in [6, 6.07) is 48.4. The molecule has 0 saturated carbocycles. The van der Waals surface area contributed by atoms with Crippen LogP contribution in [0, 0.1) is 0 Å². The van der Waals surface area contributed by atoms with Gasteiger partial charge in [-0.05, 0) is 42.4 Å². The first-order valence-electron chi connectivity index (χ1n) is 21.6. The van der Waals surface area contributed by atoms with Crippen molar-refractivity contribution in [3.63, 3.8) is 0 Å². The molecule has 6 heteroatoms. The number of para-hydroxylation sites is 3. The Morgan fingerprint density at radius 1 is 0.439 bits per heavy atom. The number of rotatable bonds is 5. The molecular formula is C51H31N5S. The van der Waals surface area contributed by atoms with Gasteiger partial charge < -0.3 is 9.13 Å². The van der Waals surface area contributed by atoms with Gasteiger partial charge in [0.15, 0.2) is 17.5 Å². The number of thiophene rings is 1. The predicted molar refractivity (Wildman–Crippen MR) is 238 cm³/mol. The highest BCUT2D eigenvalue weighted by molar-refractivity contribution is 7.26. The van der Waals surface area contributed by atoms with Crippen LogP contribution in [-0.4, -0.2) is 24.1 Å². The summed E-state index contributed by atoms with van der Waals surface area (Å²) in [5.41, 5.74) is 6.26. The van der Waals surface area contributed by atoms with Crippen LogP contribution >= 0.6 is 11.3 Å². The van der Waals surface area contributed by atoms with Crippen molar-refractivity contribution in [1.82, 2.24) is 24.1 Å². The molecule has 0 fully saturated rings. The molecule has 0 radical (unpaired) electrons. The molecule has 8 aromatic carbocycles. The predicted octanol–water partition coefficient (Wildman–Crippen LogP) is 13.4. The van der Waals surface area contributed by atoms with Crippen molar-refractivity contribution in [1.29, 1.82) is 0 Å². The average molecular weight is 752 g/mol. The molecule has 4 heterocycles. The second kappa shape index (κ2) is 12.6. The van der Waals surface area contributed by atoms with E-state index in [1.165, 1.54) is 12.1 Å². The standard InChI is InChI=1S/C51H31N5S/c1-4-16-32(17-5-1)49-52-50(33-18-6-2-7-19-33)54-51(53-49)40-25-14-24-39-45-43(28-15-29-44(45)57-48(39)40)56-42-27-13-11-23-36(42)38-31-30-37-35-22-10-12-26-41(35)55(46(37)47(38)56)34-20-8-3-9-21-34/h1-31H/i10D,11D,26D,27D,30D,31D. The van der Waals surface area contributed by atoms with Crippen molar-refractivity contribution in [2.24, 2.45) is 0 Å². The van der Waals surface area contributed by atoms with Crippen molar-refractivity contribution < 1.29 is 8.22 Å². The van der Waals surface area contributed by atoms with E-state index in [1.54, 1.807) is 23.5 Å². The first-order valence-corrected chi connectivity index (χ1v) is 19.4. The van der Waals surface area contributed by atoms with Crippen LogP contribution in [0.3, 0.4) is 0 Å². The summed E-state index contributed by atoms with van der Waals surface area (Å²) in [5, 5.41) is 3.79. The van der Waals surface area contributed by atoms with Gasteiger partial charge in [-0.2, -0.15) is 0 Å². The zero-order valence-electron chi connectivity index (χ0n) is 36.1. The van der Waals surface area contributed by atoms with Crippen molar-refractivity contribution in [2.45, 2.75) is 0 Å². The smallest absolute Gasteiger partial charge is 0.165 e. The number of benzene rings is 8. The Bertz CT molecular complexity index is 3810. The molecule has 12 aromatic rings. The van der Waals surface area contributed by atoms with Gasteiger partial charge in [0.2, 0.25) is 0 Å². The summed E-state index contributed by atoms with van der Waals surface area (Å²) < 4.78 is 61.3. The fourth-order valence-electron chi connectivity index (χ4n) is 8.24. The Morgan fingerprint density at radius 3 is 1.65 bits per heavy atom. The molecule has 5 nitrogen and oxygen atoms in total. The molecule has 12 rings (SSSR count). The highest BCUT2D eigenvalue weighted by atomic mass is 32.1. The number of hydrogen-bond acceptors (Lipinski definition) is 4. The molecule has 0 unspecified atom stereocenters. The van der Waals surface area contributed by atoms with E-state index in [-0.39, 0.29) is 36.3 Å². The van der Waals surface area contributed by atoms with Gasteiger partial charge in [-0.15, -0.1) is 11.3 Å². The van der Waals surface area contributed by atoms with Crippen LogP contribution in [0.1, 0.15) is 8.22 Å². The topological polar surface area (TPSA) is 48.5 Å². The number of nitrogens with zero attached hydrogens (tertiary/aromatic N) is 5. The molecule has 0 N–H and O–H groups in total. The van der Waals surface area contributed by atoms with E-state index >= 15 is 0 Å². The first-order chi connectivity index (χ1) is 30.7. The van der Waals surface area contributed by atoms with Crippen LogP contribution in [-0.2, 0) is 0 Å². The Morgan fingerprint density at radius 2 is 1.00 bits per heavy atom. The van der Waals surface area contributed by atoms with E-state index in [4.69, 9.17) is 17.7 Å². The Kier molecular flexibility index (Phi) is 5.82. The molecule has 0 spiro atoms. The number of hydrogen-bond donors (Lipinski definition) is 0. The third-order valence-electron chi connectivity index (χ3n) is 10.7. The van der Waals surface area contributed by atoms with Crippen LogP contribution < -0.4 is 0 Å². The minimum atomic E-state index is -0.0526. The maximum atomic E-state index is 9.67. The molecular weight excluding hydrogens is 715 g/mol. The summed E-state index contributed by atoms with van der Waals surface area (Å²) in [5.74, 6) is 1.66. The van der Waals surface area contributed by atoms with E-state index in [2.05, 4.69) is 12.1 Å². The lowest BCUT2D eigenvalue weighted by molar-refractivity contribution is 1.08. The van der Waals surface area contributed by atoms with Crippen molar-refractivity contribution in [2.75, 3.05) is 0 Å². The van der Waals surface area contributed by atoms with Gasteiger partial charge in [0.05, 0.1) is 36.0 Å². The largest absolute Gasteiger partial charge is 0.307 e. The lowest BCUT2D eigenvalue weighted by Gasteiger charge is -2.14. The van der Waals surface area contributed by atoms with Crippen molar-refractivity contribution >= 4 is 75.1 Å². The molecule has 0 saturated heterocycles. The van der Waals surface area contributed by atoms with Crippen LogP contribution in [0.15, 0.2) is 188 Å². The monoisotopic (exact) mass is 751 g/mol. The third-order valence-corrected chi connectivity index (χ3v) is 11.9. The molecule has 57 heavy (non-hydrogen) atoms. The summed E-state index contributed by atoms with van der Waals surface area (Å²) in [4.78, 5) is 15.1. The molecule has 0 aliphatic carbocycles. The zero-order chi connectivity index (χ0) is 42.7. The van der Waals surface area contributed by atoms with E-state index in [9.17, 15) is 5.48 Å². The summed E-state index contributed by atoms with van der Waals surface area (Å²) >= 11 is 1.62. The Balaban J connectivity index is 1.23. The third kappa shape index (κ3) is 4.84. The van der Waals surface area contributed by atoms with Gasteiger partial charge in [-0.3, -0.25) is 0 Å². The minimum Gasteiger partial charge on any atom is -0.307 e. The number of aromatic nitrogens is 5. The molecule has 0 atom stereocenters. The lowest BCUT2D eigenvalue weighted by Crippen LogP contribution is -2.00. The zero-order valence-corrected chi connectivity index (χ0v) is 30.9. The van der Waals surface area contributed by atoms with Crippen molar-refractivity contribution in [3.05, 3.63) is 188 Å².